The molecule has 2 N–H and O–H groups in total. The second-order valence-corrected chi connectivity index (χ2v) is 8.22. The van der Waals surface area contributed by atoms with Gasteiger partial charge in [-0.2, -0.15) is 11.3 Å². The fourth-order valence-electron chi connectivity index (χ4n) is 3.29. The van der Waals surface area contributed by atoms with E-state index in [1.807, 2.05) is 16.8 Å². The maximum Gasteiger partial charge on any atom is 0.313 e. The van der Waals surface area contributed by atoms with Crippen molar-refractivity contribution in [1.29, 1.82) is 0 Å². The van der Waals surface area contributed by atoms with E-state index < -0.39 is 11.6 Å². The van der Waals surface area contributed by atoms with E-state index in [0.29, 0.717) is 22.6 Å². The monoisotopic (exact) mass is 489 g/mol. The summed E-state index contributed by atoms with van der Waals surface area (Å²) in [6.45, 7) is 0. The number of aromatic nitrogens is 4. The van der Waals surface area contributed by atoms with E-state index in [0.717, 1.165) is 0 Å². The van der Waals surface area contributed by atoms with E-state index in [1.54, 1.807) is 16.7 Å². The van der Waals surface area contributed by atoms with Crippen LogP contribution in [0.2, 0.25) is 10.0 Å². The lowest BCUT2D eigenvalue weighted by atomic mass is 10.1. The van der Waals surface area contributed by atoms with Crippen molar-refractivity contribution in [3.8, 4) is 39.9 Å². The third-order valence-corrected chi connectivity index (χ3v) is 5.93. The molecular weight excluding hydrogens is 479 g/mol. The van der Waals surface area contributed by atoms with Gasteiger partial charge in [0.05, 0.1) is 21.4 Å². The lowest BCUT2D eigenvalue weighted by Crippen LogP contribution is -2.03. The van der Waals surface area contributed by atoms with E-state index in [1.165, 1.54) is 35.6 Å². The fourth-order valence-corrected chi connectivity index (χ4v) is 4.28. The highest BCUT2D eigenvalue weighted by Crippen LogP contribution is 2.40. The molecule has 6 nitrogen and oxygen atoms in total. The molecule has 3 aromatic heterocycles. The van der Waals surface area contributed by atoms with Crippen molar-refractivity contribution in [2.24, 2.45) is 0 Å². The van der Waals surface area contributed by atoms with Crippen LogP contribution in [0.5, 0.6) is 0 Å². The minimum Gasteiger partial charge on any atom is -0.402 e. The Bertz CT molecular complexity index is 1450. The van der Waals surface area contributed by atoms with Crippen LogP contribution in [0.15, 0.2) is 57.6 Å². The predicted octanol–water partition coefficient (Wildman–Crippen LogP) is 6.49. The molecule has 0 fully saturated rings. The maximum atomic E-state index is 15.2. The summed E-state index contributed by atoms with van der Waals surface area (Å²) in [5.74, 6) is -0.864. The molecule has 5 aromatic rings. The Kier molecular flexibility index (Phi) is 5.16. The largest absolute Gasteiger partial charge is 0.402 e. The second-order valence-electron chi connectivity index (χ2n) is 6.63. The highest BCUT2D eigenvalue weighted by atomic mass is 35.5. The molecule has 11 heteroatoms. The molecule has 2 aromatic carbocycles. The van der Waals surface area contributed by atoms with Gasteiger partial charge < -0.3 is 10.2 Å². The zero-order chi connectivity index (χ0) is 22.4. The van der Waals surface area contributed by atoms with E-state index >= 15 is 4.39 Å². The van der Waals surface area contributed by atoms with Crippen LogP contribution in [0, 0.1) is 11.6 Å². The van der Waals surface area contributed by atoms with Crippen LogP contribution >= 0.6 is 34.5 Å². The minimum atomic E-state index is -0.658. The van der Waals surface area contributed by atoms with Crippen LogP contribution in [0.4, 0.5) is 14.8 Å². The average molecular weight is 490 g/mol. The number of halogens is 4. The maximum absolute atomic E-state index is 15.2. The molecule has 0 saturated heterocycles. The molecule has 0 aliphatic heterocycles. The summed E-state index contributed by atoms with van der Waals surface area (Å²) in [5, 5.41) is 11.2. The summed E-state index contributed by atoms with van der Waals surface area (Å²) in [6.07, 6.45) is 0. The summed E-state index contributed by atoms with van der Waals surface area (Å²) in [4.78, 5) is 4.68. The molecule has 5 rings (SSSR count). The number of thiophene rings is 1. The Morgan fingerprint density at radius 2 is 1.84 bits per heavy atom. The third kappa shape index (κ3) is 3.44. The van der Waals surface area contributed by atoms with E-state index in [4.69, 9.17) is 33.4 Å². The van der Waals surface area contributed by atoms with Gasteiger partial charge in [0.1, 0.15) is 11.6 Å². The van der Waals surface area contributed by atoms with Gasteiger partial charge in [-0.15, -0.1) is 5.10 Å². The van der Waals surface area contributed by atoms with Crippen molar-refractivity contribution in [2.75, 3.05) is 5.73 Å². The smallest absolute Gasteiger partial charge is 0.313 e. The van der Waals surface area contributed by atoms with Gasteiger partial charge >= 0.3 is 6.01 Å². The van der Waals surface area contributed by atoms with Gasteiger partial charge in [-0.05, 0) is 41.8 Å². The zero-order valence-corrected chi connectivity index (χ0v) is 18.2. The molecule has 0 unspecified atom stereocenters. The van der Waals surface area contributed by atoms with Gasteiger partial charge in [0.25, 0.3) is 5.89 Å². The highest BCUT2D eigenvalue weighted by molar-refractivity contribution is 7.08. The van der Waals surface area contributed by atoms with E-state index in [-0.39, 0.29) is 33.3 Å². The molecule has 3 heterocycles. The van der Waals surface area contributed by atoms with Gasteiger partial charge in [0.15, 0.2) is 11.5 Å². The lowest BCUT2D eigenvalue weighted by molar-refractivity contribution is 0.588. The number of benzene rings is 2. The predicted molar refractivity (Wildman–Crippen MR) is 120 cm³/mol. The topological polar surface area (TPSA) is 82.8 Å². The molecule has 0 spiro atoms. The van der Waals surface area contributed by atoms with Crippen LogP contribution < -0.4 is 5.73 Å². The van der Waals surface area contributed by atoms with E-state index in [9.17, 15) is 4.39 Å². The number of hydrogen-bond donors (Lipinski definition) is 1. The van der Waals surface area contributed by atoms with E-state index in [2.05, 4.69) is 15.2 Å². The number of imidazole rings is 1. The van der Waals surface area contributed by atoms with Crippen LogP contribution in [-0.4, -0.2) is 19.7 Å². The first-order valence-electron chi connectivity index (χ1n) is 9.08. The Hall–Kier alpha value is -3.27. The molecular formula is C21H11Cl2F2N5OS. The van der Waals surface area contributed by atoms with Crippen LogP contribution in [0.3, 0.4) is 0 Å². The number of nitrogens with two attached hydrogens (primary N) is 1. The summed E-state index contributed by atoms with van der Waals surface area (Å²) in [5.41, 5.74) is 7.46. The lowest BCUT2D eigenvalue weighted by Gasteiger charge is -2.14. The second kappa shape index (κ2) is 8.01. The number of anilines is 1. The van der Waals surface area contributed by atoms with Gasteiger partial charge in [-0.3, -0.25) is 4.57 Å². The van der Waals surface area contributed by atoms with Gasteiger partial charge in [-0.1, -0.05) is 34.4 Å². The average Bonchev–Trinajstić information content (AvgIpc) is 3.51. The Labute approximate surface area is 193 Å². The first-order chi connectivity index (χ1) is 15.4. The van der Waals surface area contributed by atoms with Crippen LogP contribution in [-0.2, 0) is 0 Å². The molecule has 0 atom stereocenters. The van der Waals surface area contributed by atoms with Gasteiger partial charge in [0, 0.05) is 16.5 Å². The number of nitrogen functional groups attached to an aromatic ring is 1. The first-order valence-corrected chi connectivity index (χ1v) is 10.8. The van der Waals surface area contributed by atoms with Crippen molar-refractivity contribution < 1.29 is 13.2 Å². The fraction of sp³-hybridized carbons (Fsp3) is 0. The van der Waals surface area contributed by atoms with Crippen LogP contribution in [0.1, 0.15) is 0 Å². The van der Waals surface area contributed by atoms with Gasteiger partial charge in [-0.25, -0.2) is 13.8 Å². The van der Waals surface area contributed by atoms with Crippen LogP contribution in [0.25, 0.3) is 39.9 Å². The molecule has 0 bridgehead atoms. The first kappa shape index (κ1) is 20.6. The molecule has 0 aliphatic rings. The van der Waals surface area contributed by atoms with Crippen molar-refractivity contribution in [3.63, 3.8) is 0 Å². The molecule has 0 radical (unpaired) electrons. The van der Waals surface area contributed by atoms with Gasteiger partial charge in [0.2, 0.25) is 0 Å². The molecule has 0 saturated carbocycles. The Morgan fingerprint density at radius 1 is 1.00 bits per heavy atom. The summed E-state index contributed by atoms with van der Waals surface area (Å²) in [7, 11) is 0. The highest BCUT2D eigenvalue weighted by Gasteiger charge is 2.28. The van der Waals surface area contributed by atoms with Crippen molar-refractivity contribution in [1.82, 2.24) is 19.7 Å². The molecule has 0 aliphatic carbocycles. The Morgan fingerprint density at radius 3 is 2.53 bits per heavy atom. The SMILES string of the molecule is Nc1nnc(-c2nc(-c3ccsc3)n(-c3cccc(Cl)c3F)c2-c2ccc(F)c(Cl)c2)o1. The van der Waals surface area contributed by atoms with Crippen molar-refractivity contribution >= 4 is 40.6 Å². The van der Waals surface area contributed by atoms with Crippen molar-refractivity contribution in [2.45, 2.75) is 0 Å². The molecule has 32 heavy (non-hydrogen) atoms. The molecule has 0 amide bonds. The van der Waals surface area contributed by atoms with Crippen molar-refractivity contribution in [3.05, 3.63) is 74.9 Å². The minimum absolute atomic E-state index is 0.00983. The summed E-state index contributed by atoms with van der Waals surface area (Å²) < 4.78 is 36.1. The standard InChI is InChI=1S/C21H11Cl2F2N5OS/c22-12-2-1-3-15(16(12)25)30-18(10-4-5-14(24)13(23)8-10)17(20-28-29-21(26)31-20)27-19(30)11-6-7-32-9-11/h1-9H,(H2,26,29). The number of rotatable bonds is 4. The number of hydrogen-bond acceptors (Lipinski definition) is 6. The zero-order valence-electron chi connectivity index (χ0n) is 15.9. The number of nitrogens with zero attached hydrogens (tertiary/aromatic N) is 4. The third-order valence-electron chi connectivity index (χ3n) is 4.67. The normalized spacial score (nSPS) is 11.2. The quantitative estimate of drug-likeness (QED) is 0.312. The molecule has 160 valence electrons. The summed E-state index contributed by atoms with van der Waals surface area (Å²) >= 11 is 13.6. The Balaban J connectivity index is 1.92. The summed E-state index contributed by atoms with van der Waals surface area (Å²) in [6, 6.07) is 10.4.